The first-order valence-corrected chi connectivity index (χ1v) is 19.9. The predicted octanol–water partition coefficient (Wildman–Crippen LogP) is -6.13. The summed E-state index contributed by atoms with van der Waals surface area (Å²) < 4.78 is 43.9. The second-order valence-electron chi connectivity index (χ2n) is 14.4. The van der Waals surface area contributed by atoms with Gasteiger partial charge in [-0.3, -0.25) is 49.0 Å². The molecule has 0 aliphatic heterocycles. The Morgan fingerprint density at radius 1 is 0.635 bits per heavy atom. The molecule has 0 aliphatic rings. The number of carbonyl (C=O) groups is 6. The van der Waals surface area contributed by atoms with Crippen LogP contribution in [0.25, 0.3) is 0 Å². The van der Waals surface area contributed by atoms with Crippen molar-refractivity contribution in [2.45, 2.75) is 49.7 Å². The molecule has 0 aromatic heterocycles. The van der Waals surface area contributed by atoms with Crippen molar-refractivity contribution in [3.05, 3.63) is 104 Å². The Balaban J connectivity index is 2.10. The largest absolute Gasteiger partial charge is 0.418 e. The molecule has 0 aliphatic carbocycles. The van der Waals surface area contributed by atoms with Gasteiger partial charge in [-0.1, -0.05) is 30.3 Å². The normalized spacial score (nSPS) is 13.2. The van der Waals surface area contributed by atoms with Gasteiger partial charge in [-0.05, 0) is 23.8 Å². The van der Waals surface area contributed by atoms with E-state index in [4.69, 9.17) is 56.9 Å². The average Bonchev–Trinajstić information content (AvgIpc) is 3.30. The van der Waals surface area contributed by atoms with Gasteiger partial charge in [0.15, 0.2) is 23.8 Å². The number of aliphatic hydroxyl groups is 1. The molecular weight excluding hydrogens is 1010 g/mol. The molecule has 3 aromatic rings. The lowest BCUT2D eigenvalue weighted by Crippen LogP contribution is -2.58. The topological polar surface area (TPSA) is 597 Å². The molecule has 0 saturated heterocycles. The van der Waals surface area contributed by atoms with Crippen molar-refractivity contribution in [3.8, 4) is 0 Å². The standard InChI is InChI=1S/C36H45F3N22O13/c37-36(38,39)17-11-16(60(69)70)8-9-18(17)59(12-14-6-7-15(58-74-73)10-19(14)61(71)72)31(68)30(67)49-20(13-4-2-1-3-5-13)26(63)51-23(55-33(43)44)28(65)53-25(57-35(47)48)29(66)52-24(56-34(45)46)27(64)50-22(21(40)62)54-32(41)42/h1-11,20,22-25,31,58,68,73H,12H2,(H2,40,62)(H,49,67)(H,50,64)(H,51,63)(H,52,66)(H,53,65)(H4,41,42,54)(H4,43,44,55)(H4,45,46,56)(H4,47,48,57). The maximum absolute atomic E-state index is 14.6. The lowest BCUT2D eigenvalue weighted by Gasteiger charge is -2.32. The molecule has 3 rings (SSSR count). The number of halogens is 3. The van der Waals surface area contributed by atoms with Crippen LogP contribution in [0.1, 0.15) is 22.7 Å². The smallest absolute Gasteiger partial charge is 0.370 e. The number of nitro benzene ring substituents is 2. The minimum Gasteiger partial charge on any atom is -0.370 e. The van der Waals surface area contributed by atoms with Crippen LogP contribution in [-0.2, 0) is 46.5 Å². The number of amides is 6. The summed E-state index contributed by atoms with van der Waals surface area (Å²) in [6, 6.07) is 8.15. The van der Waals surface area contributed by atoms with E-state index < -0.39 is 147 Å². The first-order chi connectivity index (χ1) is 34.5. The second kappa shape index (κ2) is 25.5. The third kappa shape index (κ3) is 16.7. The second-order valence-corrected chi connectivity index (χ2v) is 14.4. The third-order valence-electron chi connectivity index (χ3n) is 9.05. The van der Waals surface area contributed by atoms with E-state index >= 15 is 0 Å². The number of nitrogens with one attached hydrogen (secondary N) is 6. The Morgan fingerprint density at radius 3 is 1.54 bits per heavy atom. The van der Waals surface area contributed by atoms with Crippen molar-refractivity contribution < 1.29 is 67.1 Å². The van der Waals surface area contributed by atoms with E-state index in [1.165, 1.54) is 30.3 Å². The first-order valence-electron chi connectivity index (χ1n) is 19.9. The van der Waals surface area contributed by atoms with Gasteiger partial charge in [-0.15, -0.1) is 4.99 Å². The highest BCUT2D eigenvalue weighted by atomic mass is 19.4. The zero-order valence-corrected chi connectivity index (χ0v) is 37.4. The number of nitrogens with two attached hydrogens (primary N) is 9. The number of alkyl halides is 3. The van der Waals surface area contributed by atoms with Crippen LogP contribution in [0.4, 0.5) is 35.9 Å². The highest BCUT2D eigenvalue weighted by Gasteiger charge is 2.41. The molecule has 398 valence electrons. The van der Waals surface area contributed by atoms with Crippen LogP contribution in [-0.4, -0.2) is 110 Å². The summed E-state index contributed by atoms with van der Waals surface area (Å²) in [5.41, 5.74) is 44.3. The van der Waals surface area contributed by atoms with Gasteiger partial charge in [0, 0.05) is 23.8 Å². The number of benzene rings is 3. The monoisotopic (exact) mass is 1050 g/mol. The highest BCUT2D eigenvalue weighted by Crippen LogP contribution is 2.40. The summed E-state index contributed by atoms with van der Waals surface area (Å²) in [6.45, 7) is -1.16. The number of primary amides is 1. The van der Waals surface area contributed by atoms with Gasteiger partial charge >= 0.3 is 6.18 Å². The molecule has 3 aromatic carbocycles. The summed E-state index contributed by atoms with van der Waals surface area (Å²) in [7, 11) is 0. The van der Waals surface area contributed by atoms with E-state index in [1.807, 2.05) is 26.7 Å². The van der Waals surface area contributed by atoms with Gasteiger partial charge in [-0.25, -0.2) is 30.7 Å². The Hall–Kier alpha value is -10.4. The van der Waals surface area contributed by atoms with Gasteiger partial charge < -0.3 is 88.2 Å². The molecule has 6 atom stereocenters. The molecule has 26 N–H and O–H groups in total. The fraction of sp³-hybridized carbons (Fsp3) is 0.222. The number of aliphatic imine (C=N–C) groups is 4. The lowest BCUT2D eigenvalue weighted by molar-refractivity contribution is -0.385. The van der Waals surface area contributed by atoms with Crippen molar-refractivity contribution in [2.75, 3.05) is 10.4 Å². The quantitative estimate of drug-likeness (QED) is 0.00991. The lowest BCUT2D eigenvalue weighted by atomic mass is 10.0. The summed E-state index contributed by atoms with van der Waals surface area (Å²) in [6.07, 6.45) is -17.1. The fourth-order valence-corrected chi connectivity index (χ4v) is 5.98. The van der Waals surface area contributed by atoms with Crippen LogP contribution in [0.5, 0.6) is 0 Å². The Labute approximate surface area is 410 Å². The summed E-state index contributed by atoms with van der Waals surface area (Å²) in [5.74, 6) is -12.4. The van der Waals surface area contributed by atoms with E-state index in [0.29, 0.717) is 12.1 Å². The first kappa shape index (κ1) is 57.9. The van der Waals surface area contributed by atoms with Gasteiger partial charge in [0.25, 0.3) is 40.9 Å². The van der Waals surface area contributed by atoms with Crippen molar-refractivity contribution >= 4 is 82.0 Å². The van der Waals surface area contributed by atoms with E-state index in [-0.39, 0.29) is 22.2 Å². The number of guanidine groups is 4. The van der Waals surface area contributed by atoms with Gasteiger partial charge in [0.1, 0.15) is 6.04 Å². The van der Waals surface area contributed by atoms with Crippen molar-refractivity contribution in [3.63, 3.8) is 0 Å². The number of anilines is 2. The van der Waals surface area contributed by atoms with Crippen molar-refractivity contribution in [1.82, 2.24) is 26.6 Å². The maximum Gasteiger partial charge on any atom is 0.418 e. The molecule has 0 spiro atoms. The van der Waals surface area contributed by atoms with E-state index in [1.54, 1.807) is 0 Å². The van der Waals surface area contributed by atoms with Crippen LogP contribution in [0.3, 0.4) is 0 Å². The average molecular weight is 1050 g/mol. The minimum absolute atomic E-state index is 0.0559. The number of non-ortho nitro benzene ring substituents is 1. The Kier molecular flexibility index (Phi) is 19.9. The van der Waals surface area contributed by atoms with Crippen LogP contribution < -0.4 is 88.6 Å². The highest BCUT2D eigenvalue weighted by molar-refractivity contribution is 5.99. The third-order valence-corrected chi connectivity index (χ3v) is 9.05. The zero-order valence-electron chi connectivity index (χ0n) is 37.4. The summed E-state index contributed by atoms with van der Waals surface area (Å²) in [4.78, 5) is 120. The zero-order chi connectivity index (χ0) is 55.8. The number of hydrogen-bond donors (Lipinski definition) is 17. The summed E-state index contributed by atoms with van der Waals surface area (Å²) in [5, 5.41) is 54.0. The predicted molar refractivity (Wildman–Crippen MR) is 248 cm³/mol. The SMILES string of the molecule is NC(=O)C(N=C(N)N)NC(=O)C(N=C(N)N)NC(=O)C(N=C(N)N)NC(=O)C(N=C(N)N)NC(=O)C(NC(=O)C(O)N(Cc1ccc(NOO)cc1[N+](=O)[O-])c1ccc([N+](=O)[O-])cc1C(F)(F)F)c1ccccc1. The van der Waals surface area contributed by atoms with Gasteiger partial charge in [0.2, 0.25) is 36.8 Å². The van der Waals surface area contributed by atoms with E-state index in [0.717, 1.165) is 18.2 Å². The number of hydrogen-bond acceptors (Lipinski definition) is 19. The maximum atomic E-state index is 14.6. The number of nitrogens with zero attached hydrogens (tertiary/aromatic N) is 7. The molecule has 0 bridgehead atoms. The number of carbonyl (C=O) groups excluding carboxylic acids is 6. The Bertz CT molecular complexity index is 2730. The molecule has 6 unspecified atom stereocenters. The summed E-state index contributed by atoms with van der Waals surface area (Å²) >= 11 is 0. The molecule has 74 heavy (non-hydrogen) atoms. The van der Waals surface area contributed by atoms with Crippen LogP contribution in [0.2, 0.25) is 0 Å². The number of rotatable bonds is 24. The Morgan fingerprint density at radius 2 is 1.11 bits per heavy atom. The molecule has 6 amide bonds. The van der Waals surface area contributed by atoms with Crippen molar-refractivity contribution in [1.29, 1.82) is 0 Å². The van der Waals surface area contributed by atoms with Crippen LogP contribution in [0.15, 0.2) is 86.7 Å². The molecule has 0 saturated carbocycles. The minimum atomic E-state index is -5.46. The molecule has 0 fully saturated rings. The molecule has 35 nitrogen and oxygen atoms in total. The van der Waals surface area contributed by atoms with Crippen LogP contribution in [0, 0.1) is 20.2 Å². The van der Waals surface area contributed by atoms with E-state index in [9.17, 15) is 67.3 Å². The van der Waals surface area contributed by atoms with E-state index in [2.05, 4.69) is 30.3 Å². The molecule has 0 radical (unpaired) electrons. The molecule has 38 heteroatoms. The van der Waals surface area contributed by atoms with Gasteiger partial charge in [-0.2, -0.15) is 13.2 Å². The molecular formula is C36H45F3N22O13. The number of aliphatic hydroxyl groups excluding tert-OH is 1. The fourth-order valence-electron chi connectivity index (χ4n) is 5.98. The van der Waals surface area contributed by atoms with Crippen molar-refractivity contribution in [2.24, 2.45) is 71.6 Å². The number of nitro groups is 2. The molecule has 0 heterocycles. The van der Waals surface area contributed by atoms with Crippen LogP contribution >= 0.6 is 0 Å². The van der Waals surface area contributed by atoms with Gasteiger partial charge in [0.05, 0.1) is 33.3 Å².